The Kier molecular flexibility index (Phi) is 5.96. The number of nitrogens with zero attached hydrogens (tertiary/aromatic N) is 3. The minimum absolute atomic E-state index is 0.0752. The number of primary amides is 1. The van der Waals surface area contributed by atoms with Crippen molar-refractivity contribution in [2.45, 2.75) is 38.6 Å². The maximum Gasteiger partial charge on any atom is 0.269 e. The van der Waals surface area contributed by atoms with Crippen LogP contribution in [-0.2, 0) is 6.42 Å². The topological polar surface area (TPSA) is 64.2 Å². The van der Waals surface area contributed by atoms with Gasteiger partial charge in [-0.3, -0.25) is 4.79 Å². The number of benzene rings is 2. The Morgan fingerprint density at radius 1 is 1.15 bits per heavy atom. The molecule has 2 atom stereocenters. The maximum absolute atomic E-state index is 11.5. The fourth-order valence-electron chi connectivity index (χ4n) is 5.66. The molecule has 1 aliphatic carbocycles. The molecule has 0 spiro atoms. The number of rotatable bonds is 6. The second-order valence-electron chi connectivity index (χ2n) is 9.72. The van der Waals surface area contributed by atoms with Crippen LogP contribution >= 0.6 is 0 Å². The number of likely N-dealkylation sites (tertiary alicyclic amines) is 1. The zero-order chi connectivity index (χ0) is 23.7. The number of nitrogens with two attached hydrogens (primary N) is 1. The van der Waals surface area contributed by atoms with E-state index >= 15 is 0 Å². The second kappa shape index (κ2) is 9.07. The lowest BCUT2D eigenvalue weighted by atomic mass is 9.69. The number of carbonyl (C=O) groups is 1. The van der Waals surface area contributed by atoms with Crippen LogP contribution in [0.5, 0.6) is 0 Å². The molecule has 5 rings (SSSR count). The number of hydrogen-bond acceptors (Lipinski definition) is 3. The number of carbonyl (C=O) groups excluding carboxylic acids is 1. The van der Waals surface area contributed by atoms with E-state index in [1.807, 2.05) is 6.92 Å². The molecule has 174 valence electrons. The van der Waals surface area contributed by atoms with Crippen molar-refractivity contribution in [3.63, 3.8) is 0 Å². The monoisotopic (exact) mass is 452 g/mol. The molecule has 1 amide bonds. The van der Waals surface area contributed by atoms with Crippen LogP contribution < -0.4 is 5.73 Å². The van der Waals surface area contributed by atoms with Crippen LogP contribution in [0, 0.1) is 12.3 Å². The molecule has 2 aliphatic rings. The van der Waals surface area contributed by atoms with Gasteiger partial charge in [-0.2, -0.15) is 5.10 Å². The van der Waals surface area contributed by atoms with Crippen molar-refractivity contribution >= 4 is 11.5 Å². The van der Waals surface area contributed by atoms with Crippen molar-refractivity contribution < 1.29 is 4.79 Å². The van der Waals surface area contributed by atoms with E-state index in [-0.39, 0.29) is 11.1 Å². The van der Waals surface area contributed by atoms with E-state index in [4.69, 9.17) is 5.73 Å². The summed E-state index contributed by atoms with van der Waals surface area (Å²) in [5.41, 5.74) is 11.5. The molecule has 2 N–H and O–H groups in total. The van der Waals surface area contributed by atoms with Crippen molar-refractivity contribution in [3.05, 3.63) is 101 Å². The summed E-state index contributed by atoms with van der Waals surface area (Å²) in [5, 5.41) is 4.37. The van der Waals surface area contributed by atoms with Crippen LogP contribution in [0.3, 0.4) is 0 Å². The van der Waals surface area contributed by atoms with Crippen LogP contribution in [0.1, 0.15) is 46.6 Å². The highest BCUT2D eigenvalue weighted by Gasteiger charge is 2.41. The fourth-order valence-corrected chi connectivity index (χ4v) is 5.66. The van der Waals surface area contributed by atoms with Crippen molar-refractivity contribution in [2.75, 3.05) is 13.6 Å². The average molecular weight is 453 g/mol. The van der Waals surface area contributed by atoms with E-state index < -0.39 is 5.91 Å². The summed E-state index contributed by atoms with van der Waals surface area (Å²) < 4.78 is 1.78. The van der Waals surface area contributed by atoms with Crippen molar-refractivity contribution in [3.8, 4) is 5.69 Å². The van der Waals surface area contributed by atoms with Gasteiger partial charge in [0.2, 0.25) is 0 Å². The predicted molar refractivity (Wildman–Crippen MR) is 137 cm³/mol. The minimum Gasteiger partial charge on any atom is -0.364 e. The van der Waals surface area contributed by atoms with Crippen molar-refractivity contribution in [2.24, 2.45) is 11.1 Å². The molecule has 2 aromatic carbocycles. The maximum atomic E-state index is 11.5. The summed E-state index contributed by atoms with van der Waals surface area (Å²) in [7, 11) is 2.27. The molecule has 1 saturated heterocycles. The van der Waals surface area contributed by atoms with Gasteiger partial charge < -0.3 is 10.6 Å². The van der Waals surface area contributed by atoms with Gasteiger partial charge in [-0.25, -0.2) is 4.68 Å². The van der Waals surface area contributed by atoms with Crippen LogP contribution in [0.15, 0.2) is 78.9 Å². The lowest BCUT2D eigenvalue weighted by molar-refractivity contribution is 0.0995. The Labute approximate surface area is 201 Å². The molecule has 1 aliphatic heterocycles. The van der Waals surface area contributed by atoms with E-state index in [1.165, 1.54) is 29.5 Å². The van der Waals surface area contributed by atoms with Gasteiger partial charge in [0.05, 0.1) is 5.69 Å². The van der Waals surface area contributed by atoms with Gasteiger partial charge in [0.1, 0.15) is 0 Å². The molecule has 2 heterocycles. The van der Waals surface area contributed by atoms with Crippen molar-refractivity contribution in [1.82, 2.24) is 14.7 Å². The standard InChI is InChI=1S/C29H32N4O/c1-21-19-26(28(30)34)31-33(21)25-12-10-22(11-13-25)20-29(27-9-6-18-32(27)2)16-14-24(15-17-29)23-7-4-3-5-8-23/h3-5,7-8,10-16,19,27H,6,9,17-18,20H2,1-2H3,(H2,30,34). The fraction of sp³-hybridized carbons (Fsp3) is 0.310. The van der Waals surface area contributed by atoms with Gasteiger partial charge in [-0.15, -0.1) is 0 Å². The third-order valence-corrected chi connectivity index (χ3v) is 7.44. The second-order valence-corrected chi connectivity index (χ2v) is 9.72. The SMILES string of the molecule is Cc1cc(C(N)=O)nn1-c1ccc(CC2(C3CCCN3C)C=CC(c3ccccc3)=CC2)cc1. The molecule has 5 nitrogen and oxygen atoms in total. The molecular formula is C29H32N4O. The smallest absolute Gasteiger partial charge is 0.269 e. The number of amides is 1. The summed E-state index contributed by atoms with van der Waals surface area (Å²) in [6, 6.07) is 21.5. The predicted octanol–water partition coefficient (Wildman–Crippen LogP) is 4.95. The number of aromatic nitrogens is 2. The van der Waals surface area contributed by atoms with Gasteiger partial charge in [-0.1, -0.05) is 60.7 Å². The van der Waals surface area contributed by atoms with E-state index in [2.05, 4.69) is 89.9 Å². The Morgan fingerprint density at radius 2 is 1.91 bits per heavy atom. The molecule has 0 saturated carbocycles. The summed E-state index contributed by atoms with van der Waals surface area (Å²) in [5.74, 6) is -0.506. The number of aryl methyl sites for hydroxylation is 1. The van der Waals surface area contributed by atoms with Crippen molar-refractivity contribution in [1.29, 1.82) is 0 Å². The number of allylic oxidation sites excluding steroid dienone is 3. The molecule has 5 heteroatoms. The highest BCUT2D eigenvalue weighted by atomic mass is 16.1. The summed E-state index contributed by atoms with van der Waals surface area (Å²) >= 11 is 0. The summed E-state index contributed by atoms with van der Waals surface area (Å²) in [6.07, 6.45) is 11.7. The largest absolute Gasteiger partial charge is 0.364 e. The van der Waals surface area contributed by atoms with Crippen LogP contribution in [0.25, 0.3) is 11.3 Å². The zero-order valence-electron chi connectivity index (χ0n) is 19.9. The molecule has 3 aromatic rings. The van der Waals surface area contributed by atoms with E-state index in [9.17, 15) is 4.79 Å². The first-order chi connectivity index (χ1) is 16.4. The Hall–Kier alpha value is -3.44. The van der Waals surface area contributed by atoms with Gasteiger partial charge >= 0.3 is 0 Å². The molecule has 0 radical (unpaired) electrons. The van der Waals surface area contributed by atoms with Crippen LogP contribution in [0.2, 0.25) is 0 Å². The minimum atomic E-state index is -0.506. The Balaban J connectivity index is 1.41. The molecule has 0 bridgehead atoms. The first-order valence-corrected chi connectivity index (χ1v) is 12.1. The normalized spacial score (nSPS) is 22.6. The quantitative estimate of drug-likeness (QED) is 0.576. The third kappa shape index (κ3) is 4.24. The molecule has 1 fully saturated rings. The average Bonchev–Trinajstić information content (AvgIpc) is 3.47. The number of hydrogen-bond donors (Lipinski definition) is 1. The molecule has 2 unspecified atom stereocenters. The van der Waals surface area contributed by atoms with Gasteiger partial charge in [0, 0.05) is 17.2 Å². The Bertz CT molecular complexity index is 1240. The lowest BCUT2D eigenvalue weighted by Crippen LogP contribution is -2.43. The zero-order valence-corrected chi connectivity index (χ0v) is 19.9. The molecular weight excluding hydrogens is 420 g/mol. The van der Waals surface area contributed by atoms with E-state index in [0.29, 0.717) is 6.04 Å². The first kappa shape index (κ1) is 22.4. The summed E-state index contributed by atoms with van der Waals surface area (Å²) in [4.78, 5) is 14.0. The van der Waals surface area contributed by atoms with Crippen LogP contribution in [-0.4, -0.2) is 40.2 Å². The Morgan fingerprint density at radius 3 is 2.50 bits per heavy atom. The van der Waals surface area contributed by atoms with E-state index in [1.54, 1.807) is 10.7 Å². The van der Waals surface area contributed by atoms with E-state index in [0.717, 1.165) is 30.8 Å². The highest BCUT2D eigenvalue weighted by molar-refractivity contribution is 5.90. The van der Waals surface area contributed by atoms with Gasteiger partial charge in [0.25, 0.3) is 5.91 Å². The molecule has 34 heavy (non-hydrogen) atoms. The highest BCUT2D eigenvalue weighted by Crippen LogP contribution is 2.44. The summed E-state index contributed by atoms with van der Waals surface area (Å²) in [6.45, 7) is 3.09. The third-order valence-electron chi connectivity index (χ3n) is 7.44. The first-order valence-electron chi connectivity index (χ1n) is 12.1. The lowest BCUT2D eigenvalue weighted by Gasteiger charge is -2.41. The van der Waals surface area contributed by atoms with Crippen LogP contribution in [0.4, 0.5) is 0 Å². The molecule has 1 aromatic heterocycles. The van der Waals surface area contributed by atoms with Gasteiger partial charge in [-0.05, 0) is 81.1 Å². The van der Waals surface area contributed by atoms with Gasteiger partial charge in [0.15, 0.2) is 5.69 Å².